The number of fused-ring (bicyclic) bond motifs is 8. The second kappa shape index (κ2) is 11.6. The molecule has 0 saturated heterocycles. The number of hydrogen-bond donors (Lipinski definition) is 0. The average Bonchev–Trinajstić information content (AvgIpc) is 3.53. The van der Waals surface area contributed by atoms with Gasteiger partial charge in [0.15, 0.2) is 0 Å². The topological polar surface area (TPSA) is 21.7 Å². The van der Waals surface area contributed by atoms with E-state index in [0.717, 1.165) is 41.3 Å². The molecule has 4 heteroatoms. The van der Waals surface area contributed by atoms with Crippen LogP contribution in [0, 0.1) is 0 Å². The highest BCUT2D eigenvalue weighted by Gasteiger charge is 2.49. The Balaban J connectivity index is 1.16. The van der Waals surface area contributed by atoms with Crippen molar-refractivity contribution in [2.75, 3.05) is 4.90 Å². The molecule has 1 unspecified atom stereocenters. The van der Waals surface area contributed by atoms with E-state index in [2.05, 4.69) is 186 Å². The van der Waals surface area contributed by atoms with Crippen molar-refractivity contribution >= 4 is 34.5 Å². The van der Waals surface area contributed by atoms with Crippen molar-refractivity contribution in [3.05, 3.63) is 162 Å². The summed E-state index contributed by atoms with van der Waals surface area (Å²) in [6, 6.07) is 42.8. The Kier molecular flexibility index (Phi) is 6.99. The standard InChI is InChI=1S/C52H46BNO2/c1-50(2)31-51(3,4)39-30-45-41(28-38(39)50)53-42-29-40-47(46(32-17-10-7-11-18-32)49(42)56-44-24-16-23-43(55-45)48(44)53)36-26-25-35(27-37(36)52(40,5)6)54(33-19-12-8-13-20-33)34-21-14-9-15-22-34/h7-21,23-30,34H,22,31H2,1-6H3. The van der Waals surface area contributed by atoms with Gasteiger partial charge in [0.1, 0.15) is 23.0 Å². The van der Waals surface area contributed by atoms with Crippen LogP contribution < -0.4 is 30.8 Å². The Labute approximate surface area is 331 Å². The Bertz CT molecular complexity index is 2690. The highest BCUT2D eigenvalue weighted by Crippen LogP contribution is 2.57. The summed E-state index contributed by atoms with van der Waals surface area (Å²) in [5.41, 5.74) is 16.3. The van der Waals surface area contributed by atoms with E-state index in [4.69, 9.17) is 9.47 Å². The molecule has 0 spiro atoms. The first kappa shape index (κ1) is 33.6. The van der Waals surface area contributed by atoms with Crippen LogP contribution in [-0.4, -0.2) is 12.8 Å². The predicted molar refractivity (Wildman–Crippen MR) is 233 cm³/mol. The molecule has 0 bridgehead atoms. The van der Waals surface area contributed by atoms with Crippen molar-refractivity contribution in [2.45, 2.75) is 76.7 Å². The average molecular weight is 728 g/mol. The maximum absolute atomic E-state index is 7.20. The molecule has 0 saturated carbocycles. The molecule has 56 heavy (non-hydrogen) atoms. The van der Waals surface area contributed by atoms with Gasteiger partial charge in [-0.05, 0) is 116 Å². The third-order valence-electron chi connectivity index (χ3n) is 13.5. The molecule has 6 aromatic rings. The highest BCUT2D eigenvalue weighted by molar-refractivity contribution is 6.98. The quantitative estimate of drug-likeness (QED) is 0.169. The van der Waals surface area contributed by atoms with Crippen LogP contribution >= 0.6 is 0 Å². The summed E-state index contributed by atoms with van der Waals surface area (Å²) in [4.78, 5) is 2.50. The van der Waals surface area contributed by atoms with E-state index in [0.29, 0.717) is 0 Å². The number of rotatable bonds is 4. The van der Waals surface area contributed by atoms with Gasteiger partial charge in [-0.1, -0.05) is 139 Å². The van der Waals surface area contributed by atoms with Crippen molar-refractivity contribution in [2.24, 2.45) is 0 Å². The summed E-state index contributed by atoms with van der Waals surface area (Å²) in [6.07, 6.45) is 11.0. The SMILES string of the molecule is CC1(C)CC(C)(C)c2cc3c(cc21)Oc1cccc2c1B3c1cc3c(c(-c4ccccc4)c1O2)-c1ccc(N(c2ccccc2)C2C=CC=CC2)cc1C3(C)C. The molecule has 0 radical (unpaired) electrons. The monoisotopic (exact) mass is 727 g/mol. The summed E-state index contributed by atoms with van der Waals surface area (Å²) in [6.45, 7) is 14.4. The van der Waals surface area contributed by atoms with Gasteiger partial charge in [-0.3, -0.25) is 0 Å². The maximum Gasteiger partial charge on any atom is 0.260 e. The van der Waals surface area contributed by atoms with Gasteiger partial charge in [0.05, 0.1) is 6.04 Å². The van der Waals surface area contributed by atoms with Gasteiger partial charge in [-0.2, -0.15) is 0 Å². The summed E-state index contributed by atoms with van der Waals surface area (Å²) in [7, 11) is 0. The van der Waals surface area contributed by atoms with E-state index >= 15 is 0 Å². The van der Waals surface area contributed by atoms with Gasteiger partial charge in [0.2, 0.25) is 0 Å². The summed E-state index contributed by atoms with van der Waals surface area (Å²) >= 11 is 0. The zero-order valence-corrected chi connectivity index (χ0v) is 33.1. The molecule has 6 aromatic carbocycles. The van der Waals surface area contributed by atoms with E-state index < -0.39 is 0 Å². The summed E-state index contributed by atoms with van der Waals surface area (Å²) < 4.78 is 14.1. The molecule has 3 nitrogen and oxygen atoms in total. The van der Waals surface area contributed by atoms with Crippen LogP contribution in [0.15, 0.2) is 140 Å². The van der Waals surface area contributed by atoms with Gasteiger partial charge >= 0.3 is 0 Å². The zero-order valence-electron chi connectivity index (χ0n) is 33.1. The lowest BCUT2D eigenvalue weighted by Gasteiger charge is -2.36. The number of allylic oxidation sites excluding steroid dienone is 2. The molecular weight excluding hydrogens is 681 g/mol. The molecule has 11 rings (SSSR count). The third kappa shape index (κ3) is 4.71. The van der Waals surface area contributed by atoms with Crippen LogP contribution in [-0.2, 0) is 16.2 Å². The van der Waals surface area contributed by atoms with E-state index in [1.54, 1.807) is 0 Å². The molecule has 3 aliphatic carbocycles. The van der Waals surface area contributed by atoms with Gasteiger partial charge in [0.25, 0.3) is 6.71 Å². The summed E-state index contributed by atoms with van der Waals surface area (Å²) in [5, 5.41) is 0. The minimum absolute atomic E-state index is 0.0268. The van der Waals surface area contributed by atoms with Crippen LogP contribution in [0.4, 0.5) is 11.4 Å². The molecule has 2 aliphatic heterocycles. The first-order valence-corrected chi connectivity index (χ1v) is 20.3. The van der Waals surface area contributed by atoms with Crippen LogP contribution in [0.1, 0.15) is 76.6 Å². The van der Waals surface area contributed by atoms with E-state index in [-0.39, 0.29) is 29.0 Å². The third-order valence-corrected chi connectivity index (χ3v) is 13.5. The Morgan fingerprint density at radius 1 is 0.589 bits per heavy atom. The number of anilines is 2. The molecule has 274 valence electrons. The fourth-order valence-electron chi connectivity index (χ4n) is 11.1. The van der Waals surface area contributed by atoms with Gasteiger partial charge in [-0.15, -0.1) is 0 Å². The normalized spacial score (nSPS) is 19.1. The second-order valence-electron chi connectivity index (χ2n) is 18.3. The number of nitrogens with zero attached hydrogens (tertiary/aromatic N) is 1. The molecule has 0 amide bonds. The molecular formula is C52H46BNO2. The Morgan fingerprint density at radius 3 is 2.02 bits per heavy atom. The van der Waals surface area contributed by atoms with Gasteiger partial charge in [0, 0.05) is 27.8 Å². The minimum Gasteiger partial charge on any atom is -0.458 e. The van der Waals surface area contributed by atoms with E-state index in [1.807, 2.05) is 0 Å². The van der Waals surface area contributed by atoms with Crippen LogP contribution in [0.5, 0.6) is 23.0 Å². The molecule has 2 heterocycles. The van der Waals surface area contributed by atoms with Crippen molar-refractivity contribution in [3.8, 4) is 45.3 Å². The minimum atomic E-state index is -0.276. The van der Waals surface area contributed by atoms with Crippen molar-refractivity contribution in [1.82, 2.24) is 0 Å². The van der Waals surface area contributed by atoms with Crippen LogP contribution in [0.3, 0.4) is 0 Å². The van der Waals surface area contributed by atoms with Crippen molar-refractivity contribution in [1.29, 1.82) is 0 Å². The fourth-order valence-corrected chi connectivity index (χ4v) is 11.1. The predicted octanol–water partition coefficient (Wildman–Crippen LogP) is 11.4. The molecule has 5 aliphatic rings. The highest BCUT2D eigenvalue weighted by atomic mass is 16.5. The zero-order chi connectivity index (χ0) is 38.1. The summed E-state index contributed by atoms with van der Waals surface area (Å²) in [5.74, 6) is 3.69. The second-order valence-corrected chi connectivity index (χ2v) is 18.3. The van der Waals surface area contributed by atoms with Crippen molar-refractivity contribution < 1.29 is 9.47 Å². The molecule has 1 atom stereocenters. The smallest absolute Gasteiger partial charge is 0.260 e. The number of hydrogen-bond acceptors (Lipinski definition) is 3. The Hall–Kier alpha value is -5.74. The van der Waals surface area contributed by atoms with Crippen LogP contribution in [0.25, 0.3) is 22.3 Å². The van der Waals surface area contributed by atoms with Crippen LogP contribution in [0.2, 0.25) is 0 Å². The first-order chi connectivity index (χ1) is 27.0. The fraction of sp³-hybridized carbons (Fsp3) is 0.231. The number of ether oxygens (including phenoxy) is 2. The van der Waals surface area contributed by atoms with Gasteiger partial charge < -0.3 is 14.4 Å². The Morgan fingerprint density at radius 2 is 1.29 bits per heavy atom. The van der Waals surface area contributed by atoms with Gasteiger partial charge in [-0.25, -0.2) is 0 Å². The maximum atomic E-state index is 7.20. The molecule has 0 aromatic heterocycles. The first-order valence-electron chi connectivity index (χ1n) is 20.3. The van der Waals surface area contributed by atoms with E-state index in [9.17, 15) is 0 Å². The lowest BCUT2D eigenvalue weighted by molar-refractivity contribution is 0.402. The number of para-hydroxylation sites is 1. The molecule has 0 N–H and O–H groups in total. The number of benzene rings is 6. The van der Waals surface area contributed by atoms with Crippen molar-refractivity contribution in [3.63, 3.8) is 0 Å². The lowest BCUT2D eigenvalue weighted by atomic mass is 9.34. The van der Waals surface area contributed by atoms with E-state index in [1.165, 1.54) is 66.8 Å². The largest absolute Gasteiger partial charge is 0.458 e. The lowest BCUT2D eigenvalue weighted by Crippen LogP contribution is -2.58. The molecule has 0 fully saturated rings.